The summed E-state index contributed by atoms with van der Waals surface area (Å²) in [7, 11) is 0. The zero-order valence-corrected chi connectivity index (χ0v) is 15.0. The number of hydrogen-bond acceptors (Lipinski definition) is 5. The molecular weight excluding hydrogens is 372 g/mol. The maximum atomic E-state index is 12.2. The van der Waals surface area contributed by atoms with E-state index < -0.39 is 29.0 Å². The van der Waals surface area contributed by atoms with Gasteiger partial charge in [0.25, 0.3) is 5.56 Å². The summed E-state index contributed by atoms with van der Waals surface area (Å²) in [5.74, 6) is 1.86. The van der Waals surface area contributed by atoms with Gasteiger partial charge in [-0.3, -0.25) is 14.3 Å². The average molecular weight is 387 g/mol. The second-order valence-corrected chi connectivity index (χ2v) is 6.40. The number of aromatic amines is 1. The lowest BCUT2D eigenvalue weighted by atomic mass is 10.1. The number of carbonyl (C=O) groups excluding carboxylic acids is 1. The number of nitrogens with one attached hydrogen (secondary N) is 1. The van der Waals surface area contributed by atoms with Gasteiger partial charge in [0.05, 0.1) is 5.56 Å². The number of aryl methyl sites for hydroxylation is 1. The van der Waals surface area contributed by atoms with Crippen molar-refractivity contribution in [1.29, 1.82) is 0 Å². The highest BCUT2D eigenvalue weighted by Crippen LogP contribution is 2.29. The van der Waals surface area contributed by atoms with Gasteiger partial charge in [-0.2, -0.15) is 0 Å². The summed E-state index contributed by atoms with van der Waals surface area (Å²) in [5.41, 5.74) is -1.77. The lowest BCUT2D eigenvalue weighted by Crippen LogP contribution is -2.37. The summed E-state index contributed by atoms with van der Waals surface area (Å²) >= 11 is 5.79. The van der Waals surface area contributed by atoms with Gasteiger partial charge in [0.15, 0.2) is 11.8 Å². The van der Waals surface area contributed by atoms with Crippen LogP contribution in [-0.4, -0.2) is 27.7 Å². The molecule has 138 valence electrons. The highest BCUT2D eigenvalue weighted by molar-refractivity contribution is 6.30. The molecule has 1 N–H and O–H groups in total. The Kier molecular flexibility index (Phi) is 5.04. The van der Waals surface area contributed by atoms with Crippen molar-refractivity contribution < 1.29 is 14.3 Å². The first-order valence-corrected chi connectivity index (χ1v) is 8.31. The van der Waals surface area contributed by atoms with Crippen LogP contribution < -0.4 is 11.2 Å². The number of esters is 1. The predicted octanol–water partition coefficient (Wildman–Crippen LogP) is 1.81. The number of aromatic nitrogens is 2. The van der Waals surface area contributed by atoms with Crippen LogP contribution in [0.2, 0.25) is 5.02 Å². The van der Waals surface area contributed by atoms with Gasteiger partial charge in [-0.1, -0.05) is 17.5 Å². The highest BCUT2D eigenvalue weighted by Gasteiger charge is 2.36. The van der Waals surface area contributed by atoms with Gasteiger partial charge in [0, 0.05) is 16.8 Å². The molecule has 0 radical (unpaired) electrons. The quantitative estimate of drug-likeness (QED) is 0.491. The van der Waals surface area contributed by atoms with E-state index in [-0.39, 0.29) is 6.61 Å². The highest BCUT2D eigenvalue weighted by atomic mass is 35.5. The van der Waals surface area contributed by atoms with E-state index in [4.69, 9.17) is 27.5 Å². The Morgan fingerprint density at radius 1 is 1.41 bits per heavy atom. The number of halogens is 1. The van der Waals surface area contributed by atoms with Crippen LogP contribution >= 0.6 is 11.6 Å². The van der Waals surface area contributed by atoms with E-state index in [1.807, 2.05) is 0 Å². The monoisotopic (exact) mass is 386 g/mol. The summed E-state index contributed by atoms with van der Waals surface area (Å²) in [6.45, 7) is 1.32. The van der Waals surface area contributed by atoms with E-state index in [1.165, 1.54) is 22.9 Å². The number of H-pyrrole nitrogens is 1. The summed E-state index contributed by atoms with van der Waals surface area (Å²) in [6.07, 6.45) is 9.21. The molecule has 27 heavy (non-hydrogen) atoms. The molecule has 2 atom stereocenters. The molecule has 0 spiro atoms. The first kappa shape index (κ1) is 18.7. The molecular formula is C19H15ClN2O5. The van der Waals surface area contributed by atoms with Crippen LogP contribution in [0, 0.1) is 19.3 Å². The Hall–Kier alpha value is -3.08. The Morgan fingerprint density at radius 2 is 2.11 bits per heavy atom. The standard InChI is InChI=1S/C19H15ClN2O5/c1-3-19(11-26-17(24)13-4-6-14(20)7-5-13)9-8-15(27-19)22-10-12(2)16(23)21-18(22)25/h1,4-10,15H,11H2,2H3,(H,21,23,25)/t15-,19+/m1/s1. The van der Waals surface area contributed by atoms with Crippen molar-refractivity contribution in [3.63, 3.8) is 0 Å². The topological polar surface area (TPSA) is 90.4 Å². The maximum Gasteiger partial charge on any atom is 0.338 e. The van der Waals surface area contributed by atoms with Gasteiger partial charge in [0.1, 0.15) is 6.61 Å². The van der Waals surface area contributed by atoms with E-state index in [1.54, 1.807) is 31.2 Å². The van der Waals surface area contributed by atoms with Crippen LogP contribution in [0.25, 0.3) is 0 Å². The first-order chi connectivity index (χ1) is 12.8. The van der Waals surface area contributed by atoms with Crippen molar-refractivity contribution in [2.24, 2.45) is 0 Å². The molecule has 1 aromatic carbocycles. The summed E-state index contributed by atoms with van der Waals surface area (Å²) in [4.78, 5) is 37.8. The Bertz CT molecular complexity index is 1060. The SMILES string of the molecule is C#C[C@@]1(COC(=O)c2ccc(Cl)cc2)C=C[C@H](n2cc(C)c(=O)[nH]c2=O)O1. The third-order valence-electron chi connectivity index (χ3n) is 4.02. The fraction of sp³-hybridized carbons (Fsp3) is 0.211. The van der Waals surface area contributed by atoms with Crippen LogP contribution in [0.4, 0.5) is 0 Å². The van der Waals surface area contributed by atoms with Gasteiger partial charge in [-0.05, 0) is 43.3 Å². The van der Waals surface area contributed by atoms with Crippen LogP contribution in [0.15, 0.2) is 52.2 Å². The summed E-state index contributed by atoms with van der Waals surface area (Å²) in [6, 6.07) is 6.21. The van der Waals surface area contributed by atoms with Crippen molar-refractivity contribution in [3.05, 3.63) is 79.6 Å². The van der Waals surface area contributed by atoms with Crippen LogP contribution in [-0.2, 0) is 9.47 Å². The molecule has 7 nitrogen and oxygen atoms in total. The number of hydrogen-bond donors (Lipinski definition) is 1. The van der Waals surface area contributed by atoms with Crippen LogP contribution in [0.5, 0.6) is 0 Å². The molecule has 8 heteroatoms. The molecule has 0 fully saturated rings. The normalized spacial score (nSPS) is 21.0. The third-order valence-corrected chi connectivity index (χ3v) is 4.28. The van der Waals surface area contributed by atoms with Crippen LogP contribution in [0.3, 0.4) is 0 Å². The second-order valence-electron chi connectivity index (χ2n) is 5.96. The minimum atomic E-state index is -1.32. The summed E-state index contributed by atoms with van der Waals surface area (Å²) < 4.78 is 12.2. The molecule has 0 saturated carbocycles. The van der Waals surface area contributed by atoms with Crippen molar-refractivity contribution in [2.75, 3.05) is 6.61 Å². The third kappa shape index (κ3) is 3.87. The molecule has 3 rings (SSSR count). The van der Waals surface area contributed by atoms with E-state index >= 15 is 0 Å². The van der Waals surface area contributed by atoms with Crippen molar-refractivity contribution in [3.8, 4) is 12.3 Å². The van der Waals surface area contributed by atoms with Crippen molar-refractivity contribution >= 4 is 17.6 Å². The second kappa shape index (κ2) is 7.27. The van der Waals surface area contributed by atoms with Gasteiger partial charge in [-0.25, -0.2) is 9.59 Å². The maximum absolute atomic E-state index is 12.2. The molecule has 2 aromatic rings. The van der Waals surface area contributed by atoms with E-state index in [0.29, 0.717) is 16.1 Å². The van der Waals surface area contributed by atoms with Crippen molar-refractivity contribution in [2.45, 2.75) is 18.8 Å². The molecule has 1 aliphatic rings. The smallest absolute Gasteiger partial charge is 0.338 e. The fourth-order valence-electron chi connectivity index (χ4n) is 2.50. The number of nitrogens with zero attached hydrogens (tertiary/aromatic N) is 1. The molecule has 0 saturated heterocycles. The minimum absolute atomic E-state index is 0.241. The molecule has 1 aromatic heterocycles. The predicted molar refractivity (Wildman–Crippen MR) is 98.6 cm³/mol. The molecule has 0 bridgehead atoms. The lowest BCUT2D eigenvalue weighted by molar-refractivity contribution is -0.0574. The van der Waals surface area contributed by atoms with Crippen molar-refractivity contribution in [1.82, 2.24) is 9.55 Å². The molecule has 0 amide bonds. The average Bonchev–Trinajstić information content (AvgIpc) is 3.08. The summed E-state index contributed by atoms with van der Waals surface area (Å²) in [5, 5.41) is 0.498. The molecule has 1 aliphatic heterocycles. The fourth-order valence-corrected chi connectivity index (χ4v) is 2.63. The number of ether oxygens (including phenoxy) is 2. The van der Waals surface area contributed by atoms with E-state index in [2.05, 4.69) is 10.9 Å². The number of benzene rings is 1. The van der Waals surface area contributed by atoms with Gasteiger partial charge in [0.2, 0.25) is 0 Å². The Morgan fingerprint density at radius 3 is 2.78 bits per heavy atom. The zero-order valence-electron chi connectivity index (χ0n) is 14.3. The molecule has 0 unspecified atom stereocenters. The molecule has 2 heterocycles. The van der Waals surface area contributed by atoms with E-state index in [9.17, 15) is 14.4 Å². The lowest BCUT2D eigenvalue weighted by Gasteiger charge is -2.24. The first-order valence-electron chi connectivity index (χ1n) is 7.93. The van der Waals surface area contributed by atoms with Gasteiger partial charge >= 0.3 is 11.7 Å². The van der Waals surface area contributed by atoms with E-state index in [0.717, 1.165) is 0 Å². The van der Waals surface area contributed by atoms with Gasteiger partial charge < -0.3 is 9.47 Å². The number of terminal acetylenes is 1. The van der Waals surface area contributed by atoms with Crippen LogP contribution in [0.1, 0.15) is 22.1 Å². The Balaban J connectivity index is 1.74. The zero-order chi connectivity index (χ0) is 19.6. The number of carbonyl (C=O) groups is 1. The molecule has 0 aliphatic carbocycles. The Labute approximate surface area is 159 Å². The van der Waals surface area contributed by atoms with Gasteiger partial charge in [-0.15, -0.1) is 6.42 Å². The minimum Gasteiger partial charge on any atom is -0.458 e. The largest absolute Gasteiger partial charge is 0.458 e. The number of rotatable bonds is 4.